The summed E-state index contributed by atoms with van der Waals surface area (Å²) in [5.74, 6) is 0.235. The summed E-state index contributed by atoms with van der Waals surface area (Å²) in [7, 11) is 0. The maximum atomic E-state index is 12.4. The van der Waals surface area contributed by atoms with E-state index in [-0.39, 0.29) is 25.0 Å². The molecule has 4 aromatic rings. The number of para-hydroxylation sites is 1. The average molecular weight is 462 g/mol. The van der Waals surface area contributed by atoms with Crippen LogP contribution in [0.25, 0.3) is 10.2 Å². The fourth-order valence-corrected chi connectivity index (χ4v) is 4.02. The number of carbonyl (C=O) groups excluding carboxylic acids is 2. The number of thiazole rings is 1. The van der Waals surface area contributed by atoms with Crippen molar-refractivity contribution in [2.24, 2.45) is 0 Å². The van der Waals surface area contributed by atoms with Crippen molar-refractivity contribution in [2.45, 2.75) is 13.5 Å². The highest BCUT2D eigenvalue weighted by atomic mass is 32.1. The van der Waals surface area contributed by atoms with E-state index in [1.165, 1.54) is 0 Å². The van der Waals surface area contributed by atoms with E-state index in [0.29, 0.717) is 23.5 Å². The molecule has 7 nitrogen and oxygen atoms in total. The van der Waals surface area contributed by atoms with E-state index in [9.17, 15) is 9.59 Å². The molecule has 0 aliphatic rings. The molecule has 2 N–H and O–H groups in total. The Bertz CT molecular complexity index is 1200. The van der Waals surface area contributed by atoms with Crippen LogP contribution in [0.5, 0.6) is 5.75 Å². The van der Waals surface area contributed by atoms with Crippen LogP contribution in [0.3, 0.4) is 0 Å². The Labute approximate surface area is 195 Å². The first-order valence-corrected chi connectivity index (χ1v) is 11.3. The number of hydrogen-bond acceptors (Lipinski definition) is 6. The van der Waals surface area contributed by atoms with Crippen molar-refractivity contribution in [3.05, 3.63) is 83.4 Å². The quantitative estimate of drug-likeness (QED) is 0.362. The fraction of sp³-hybridized carbons (Fsp3) is 0.160. The van der Waals surface area contributed by atoms with Gasteiger partial charge in [-0.1, -0.05) is 12.1 Å². The van der Waals surface area contributed by atoms with Gasteiger partial charge in [-0.15, -0.1) is 11.3 Å². The van der Waals surface area contributed by atoms with Crippen molar-refractivity contribution in [1.82, 2.24) is 4.98 Å². The molecule has 3 aromatic carbocycles. The molecule has 0 unspecified atom stereocenters. The standard InChI is InChI=1S/C25H23N3O4S/c1-2-32-20-13-11-19(12-14-20)27-25(30)17-7-9-18(10-8-17)26-23(29)15-31-16-24-28-21-5-3-4-6-22(21)33-24/h3-14H,2,15-16H2,1H3,(H,26,29)(H,27,30). The molecule has 1 aromatic heterocycles. The second-order valence-electron chi connectivity index (χ2n) is 7.11. The van der Waals surface area contributed by atoms with Crippen LogP contribution < -0.4 is 15.4 Å². The first-order chi connectivity index (χ1) is 16.1. The van der Waals surface area contributed by atoms with E-state index < -0.39 is 0 Å². The lowest BCUT2D eigenvalue weighted by Crippen LogP contribution is -2.18. The predicted molar refractivity (Wildman–Crippen MR) is 130 cm³/mol. The number of nitrogens with zero attached hydrogens (tertiary/aromatic N) is 1. The number of hydrogen-bond donors (Lipinski definition) is 2. The molecule has 4 rings (SSSR count). The normalized spacial score (nSPS) is 10.7. The second-order valence-corrected chi connectivity index (χ2v) is 8.22. The summed E-state index contributed by atoms with van der Waals surface area (Å²) in [5, 5.41) is 6.42. The highest BCUT2D eigenvalue weighted by Gasteiger charge is 2.09. The smallest absolute Gasteiger partial charge is 0.255 e. The molecule has 8 heteroatoms. The molecular weight excluding hydrogens is 438 g/mol. The molecule has 0 radical (unpaired) electrons. The SMILES string of the molecule is CCOc1ccc(NC(=O)c2ccc(NC(=O)COCc3nc4ccccc4s3)cc2)cc1. The maximum Gasteiger partial charge on any atom is 0.255 e. The molecule has 33 heavy (non-hydrogen) atoms. The number of amides is 2. The molecule has 0 fully saturated rings. The lowest BCUT2D eigenvalue weighted by Gasteiger charge is -2.09. The summed E-state index contributed by atoms with van der Waals surface area (Å²) in [4.78, 5) is 29.1. The topological polar surface area (TPSA) is 89.6 Å². The van der Waals surface area contributed by atoms with Crippen molar-refractivity contribution in [3.63, 3.8) is 0 Å². The number of carbonyl (C=O) groups is 2. The van der Waals surface area contributed by atoms with Gasteiger partial charge in [0.1, 0.15) is 17.4 Å². The fourth-order valence-electron chi connectivity index (χ4n) is 3.12. The minimum absolute atomic E-state index is 0.0874. The Morgan fingerprint density at radius 1 is 0.909 bits per heavy atom. The van der Waals surface area contributed by atoms with Crippen molar-refractivity contribution in [2.75, 3.05) is 23.8 Å². The largest absolute Gasteiger partial charge is 0.494 e. The van der Waals surface area contributed by atoms with E-state index in [4.69, 9.17) is 9.47 Å². The summed E-state index contributed by atoms with van der Waals surface area (Å²) in [6.07, 6.45) is 0. The number of rotatable bonds is 9. The van der Waals surface area contributed by atoms with Gasteiger partial charge in [0.15, 0.2) is 0 Å². The van der Waals surface area contributed by atoms with Gasteiger partial charge < -0.3 is 20.1 Å². The Balaban J connectivity index is 1.24. The highest BCUT2D eigenvalue weighted by Crippen LogP contribution is 2.22. The number of ether oxygens (including phenoxy) is 2. The van der Waals surface area contributed by atoms with Gasteiger partial charge in [-0.05, 0) is 67.6 Å². The van der Waals surface area contributed by atoms with Crippen LogP contribution in [-0.4, -0.2) is 30.0 Å². The number of anilines is 2. The molecule has 168 valence electrons. The summed E-state index contributed by atoms with van der Waals surface area (Å²) < 4.78 is 12.0. The lowest BCUT2D eigenvalue weighted by atomic mass is 10.2. The zero-order valence-corrected chi connectivity index (χ0v) is 18.9. The van der Waals surface area contributed by atoms with Gasteiger partial charge in [0.25, 0.3) is 5.91 Å². The summed E-state index contributed by atoms with van der Waals surface area (Å²) >= 11 is 1.55. The van der Waals surface area contributed by atoms with Gasteiger partial charge >= 0.3 is 0 Å². The molecular formula is C25H23N3O4S. The average Bonchev–Trinajstić information content (AvgIpc) is 3.24. The molecule has 1 heterocycles. The second kappa shape index (κ2) is 10.7. The molecule has 0 aliphatic heterocycles. The van der Waals surface area contributed by atoms with Crippen LogP contribution in [0.2, 0.25) is 0 Å². The lowest BCUT2D eigenvalue weighted by molar-refractivity contribution is -0.121. The molecule has 0 atom stereocenters. The van der Waals surface area contributed by atoms with E-state index in [1.54, 1.807) is 59.9 Å². The third-order valence-corrected chi connectivity index (χ3v) is 5.66. The van der Waals surface area contributed by atoms with E-state index >= 15 is 0 Å². The van der Waals surface area contributed by atoms with Gasteiger partial charge in [0.05, 0.1) is 23.4 Å². The Kier molecular flexibility index (Phi) is 7.29. The maximum absolute atomic E-state index is 12.4. The minimum Gasteiger partial charge on any atom is -0.494 e. The number of nitrogens with one attached hydrogen (secondary N) is 2. The van der Waals surface area contributed by atoms with Gasteiger partial charge in [-0.2, -0.15) is 0 Å². The first kappa shape index (κ1) is 22.4. The van der Waals surface area contributed by atoms with Crippen LogP contribution in [-0.2, 0) is 16.1 Å². The van der Waals surface area contributed by atoms with Crippen molar-refractivity contribution in [1.29, 1.82) is 0 Å². The molecule has 2 amide bonds. The Morgan fingerprint density at radius 2 is 1.61 bits per heavy atom. The Morgan fingerprint density at radius 3 is 2.33 bits per heavy atom. The highest BCUT2D eigenvalue weighted by molar-refractivity contribution is 7.18. The van der Waals surface area contributed by atoms with E-state index in [0.717, 1.165) is 21.0 Å². The number of benzene rings is 3. The van der Waals surface area contributed by atoms with Crippen LogP contribution in [0.15, 0.2) is 72.8 Å². The summed E-state index contributed by atoms with van der Waals surface area (Å²) in [6, 6.07) is 21.7. The van der Waals surface area contributed by atoms with Crippen molar-refractivity contribution >= 4 is 44.7 Å². The minimum atomic E-state index is -0.275. The van der Waals surface area contributed by atoms with Gasteiger partial charge in [0, 0.05) is 16.9 Å². The van der Waals surface area contributed by atoms with Crippen LogP contribution >= 0.6 is 11.3 Å². The van der Waals surface area contributed by atoms with Crippen LogP contribution in [0.4, 0.5) is 11.4 Å². The van der Waals surface area contributed by atoms with E-state index in [1.807, 2.05) is 31.2 Å². The molecule has 0 saturated carbocycles. The molecule has 0 bridgehead atoms. The monoisotopic (exact) mass is 461 g/mol. The third kappa shape index (κ3) is 6.15. The van der Waals surface area contributed by atoms with Gasteiger partial charge in [0.2, 0.25) is 5.91 Å². The number of fused-ring (bicyclic) bond motifs is 1. The summed E-state index contributed by atoms with van der Waals surface area (Å²) in [6.45, 7) is 2.69. The molecule has 0 saturated heterocycles. The molecule has 0 spiro atoms. The van der Waals surface area contributed by atoms with Gasteiger partial charge in [-0.3, -0.25) is 9.59 Å². The number of aromatic nitrogens is 1. The Hall–Kier alpha value is -3.75. The van der Waals surface area contributed by atoms with E-state index in [2.05, 4.69) is 15.6 Å². The van der Waals surface area contributed by atoms with Crippen molar-refractivity contribution in [3.8, 4) is 5.75 Å². The zero-order chi connectivity index (χ0) is 23.0. The van der Waals surface area contributed by atoms with Crippen molar-refractivity contribution < 1.29 is 19.1 Å². The van der Waals surface area contributed by atoms with Gasteiger partial charge in [-0.25, -0.2) is 4.98 Å². The zero-order valence-electron chi connectivity index (χ0n) is 18.0. The summed E-state index contributed by atoms with van der Waals surface area (Å²) in [5.41, 5.74) is 2.67. The predicted octanol–water partition coefficient (Wildman–Crippen LogP) is 5.10. The molecule has 0 aliphatic carbocycles. The van der Waals surface area contributed by atoms with Crippen LogP contribution in [0, 0.1) is 0 Å². The first-order valence-electron chi connectivity index (χ1n) is 10.5. The third-order valence-electron chi connectivity index (χ3n) is 4.65. The van der Waals surface area contributed by atoms with Crippen LogP contribution in [0.1, 0.15) is 22.3 Å².